The van der Waals surface area contributed by atoms with Gasteiger partial charge in [-0.15, -0.1) is 0 Å². The molecule has 29 heavy (non-hydrogen) atoms. The molecule has 0 spiro atoms. The Bertz CT molecular complexity index is 957. The first-order valence-corrected chi connectivity index (χ1v) is 10.3. The molecular weight excluding hydrogens is 449 g/mol. The van der Waals surface area contributed by atoms with Gasteiger partial charge in [-0.05, 0) is 41.5 Å². The van der Waals surface area contributed by atoms with Gasteiger partial charge in [-0.2, -0.15) is 18.3 Å². The van der Waals surface area contributed by atoms with E-state index >= 15 is 0 Å². The van der Waals surface area contributed by atoms with E-state index in [1.807, 2.05) is 36.4 Å². The zero-order valence-corrected chi connectivity index (χ0v) is 17.6. The number of unbranched alkanes of at least 4 members (excludes halogenated alkanes) is 2. The number of hydrogen-bond donors (Lipinski definition) is 0. The van der Waals surface area contributed by atoms with Crippen LogP contribution in [0.15, 0.2) is 46.9 Å². The van der Waals surface area contributed by atoms with Crippen molar-refractivity contribution in [1.29, 1.82) is 0 Å². The van der Waals surface area contributed by atoms with Crippen LogP contribution in [0.5, 0.6) is 11.6 Å². The van der Waals surface area contributed by atoms with E-state index in [1.165, 1.54) is 4.68 Å². The van der Waals surface area contributed by atoms with Crippen LogP contribution in [-0.2, 0) is 12.7 Å². The molecule has 8 heteroatoms. The van der Waals surface area contributed by atoms with Crippen LogP contribution in [0.2, 0.25) is 0 Å². The predicted octanol–water partition coefficient (Wildman–Crippen LogP) is 6.47. The quantitative estimate of drug-likeness (QED) is 0.336. The number of hydrogen-bond acceptors (Lipinski definition) is 3. The zero-order valence-electron chi connectivity index (χ0n) is 16.0. The van der Waals surface area contributed by atoms with Gasteiger partial charge in [0.15, 0.2) is 5.69 Å². The lowest BCUT2D eigenvalue weighted by Gasteiger charge is -2.11. The van der Waals surface area contributed by atoms with Crippen LogP contribution in [0.3, 0.4) is 0 Å². The first-order chi connectivity index (χ1) is 13.9. The fraction of sp³-hybridized carbons (Fsp3) is 0.381. The SMILES string of the molecule is CCCCCOc1cc(C(F)(F)F)nn1CCOc1ccc2cc(Br)ccc2c1. The van der Waals surface area contributed by atoms with Gasteiger partial charge in [0.2, 0.25) is 5.88 Å². The molecule has 0 aliphatic heterocycles. The number of rotatable bonds is 9. The van der Waals surface area contributed by atoms with E-state index in [0.29, 0.717) is 12.4 Å². The van der Waals surface area contributed by atoms with E-state index in [0.717, 1.165) is 40.6 Å². The molecule has 3 rings (SSSR count). The van der Waals surface area contributed by atoms with Crippen molar-refractivity contribution < 1.29 is 22.6 Å². The third-order valence-corrected chi connectivity index (χ3v) is 4.87. The summed E-state index contributed by atoms with van der Waals surface area (Å²) < 4.78 is 52.5. The van der Waals surface area contributed by atoms with Crippen LogP contribution in [0.4, 0.5) is 13.2 Å². The van der Waals surface area contributed by atoms with E-state index in [2.05, 4.69) is 28.0 Å². The molecule has 0 bridgehead atoms. The van der Waals surface area contributed by atoms with Crippen LogP contribution in [0.1, 0.15) is 31.9 Å². The Morgan fingerprint density at radius 3 is 2.48 bits per heavy atom. The Morgan fingerprint density at radius 1 is 0.966 bits per heavy atom. The molecule has 0 saturated carbocycles. The van der Waals surface area contributed by atoms with Gasteiger partial charge in [0.25, 0.3) is 0 Å². The monoisotopic (exact) mass is 470 g/mol. The van der Waals surface area contributed by atoms with Crippen molar-refractivity contribution in [2.75, 3.05) is 13.2 Å². The van der Waals surface area contributed by atoms with Gasteiger partial charge >= 0.3 is 6.18 Å². The summed E-state index contributed by atoms with van der Waals surface area (Å²) in [5.41, 5.74) is -0.959. The second-order valence-corrected chi connectivity index (χ2v) is 7.56. The van der Waals surface area contributed by atoms with E-state index in [-0.39, 0.29) is 19.0 Å². The third-order valence-electron chi connectivity index (χ3n) is 4.38. The molecule has 0 atom stereocenters. The predicted molar refractivity (Wildman–Crippen MR) is 109 cm³/mol. The van der Waals surface area contributed by atoms with E-state index in [9.17, 15) is 13.2 Å². The number of fused-ring (bicyclic) bond motifs is 1. The highest BCUT2D eigenvalue weighted by molar-refractivity contribution is 9.10. The van der Waals surface area contributed by atoms with E-state index in [1.54, 1.807) is 0 Å². The van der Waals surface area contributed by atoms with Gasteiger partial charge in [0, 0.05) is 10.5 Å². The molecule has 0 amide bonds. The molecule has 0 unspecified atom stereocenters. The molecule has 4 nitrogen and oxygen atoms in total. The Hall–Kier alpha value is -2.22. The summed E-state index contributed by atoms with van der Waals surface area (Å²) in [4.78, 5) is 0. The molecule has 2 aromatic carbocycles. The first-order valence-electron chi connectivity index (χ1n) is 9.47. The lowest BCUT2D eigenvalue weighted by Crippen LogP contribution is -2.13. The first kappa shape index (κ1) is 21.5. The lowest BCUT2D eigenvalue weighted by atomic mass is 10.1. The van der Waals surface area contributed by atoms with Crippen LogP contribution in [-0.4, -0.2) is 23.0 Å². The van der Waals surface area contributed by atoms with Crippen LogP contribution in [0, 0.1) is 0 Å². The zero-order chi connectivity index (χ0) is 20.9. The van der Waals surface area contributed by atoms with Crippen molar-refractivity contribution in [3.05, 3.63) is 52.6 Å². The number of aromatic nitrogens is 2. The third kappa shape index (κ3) is 5.88. The number of benzene rings is 2. The largest absolute Gasteiger partial charge is 0.492 e. The molecule has 0 radical (unpaired) electrons. The number of nitrogens with zero attached hydrogens (tertiary/aromatic N) is 2. The Kier molecular flexibility index (Phi) is 7.05. The molecule has 3 aromatic rings. The highest BCUT2D eigenvalue weighted by Gasteiger charge is 2.35. The molecule has 0 fully saturated rings. The van der Waals surface area contributed by atoms with Crippen molar-refractivity contribution in [1.82, 2.24) is 9.78 Å². The molecule has 0 aliphatic rings. The van der Waals surface area contributed by atoms with Crippen molar-refractivity contribution in [2.45, 2.75) is 38.9 Å². The summed E-state index contributed by atoms with van der Waals surface area (Å²) in [6.45, 7) is 2.73. The van der Waals surface area contributed by atoms with Gasteiger partial charge in [-0.25, -0.2) is 4.68 Å². The normalized spacial score (nSPS) is 11.8. The highest BCUT2D eigenvalue weighted by atomic mass is 79.9. The van der Waals surface area contributed by atoms with Gasteiger partial charge < -0.3 is 9.47 Å². The average Bonchev–Trinajstić information content (AvgIpc) is 3.09. The molecule has 156 valence electrons. The van der Waals surface area contributed by atoms with E-state index < -0.39 is 11.9 Å². The Morgan fingerprint density at radius 2 is 1.72 bits per heavy atom. The summed E-state index contributed by atoms with van der Waals surface area (Å²) in [6, 6.07) is 12.5. The number of alkyl halides is 3. The van der Waals surface area contributed by atoms with Gasteiger partial charge in [0.1, 0.15) is 12.4 Å². The average molecular weight is 471 g/mol. The van der Waals surface area contributed by atoms with Crippen molar-refractivity contribution in [2.24, 2.45) is 0 Å². The van der Waals surface area contributed by atoms with Gasteiger partial charge in [-0.1, -0.05) is 47.8 Å². The fourth-order valence-corrected chi connectivity index (χ4v) is 3.26. The topological polar surface area (TPSA) is 36.3 Å². The maximum atomic E-state index is 13.0. The number of ether oxygens (including phenoxy) is 2. The summed E-state index contributed by atoms with van der Waals surface area (Å²) >= 11 is 3.43. The van der Waals surface area contributed by atoms with E-state index in [4.69, 9.17) is 9.47 Å². The standard InChI is InChI=1S/C21H22BrF3N2O2/c1-2-3-4-10-29-20-14-19(21(23,24)25)26-27(20)9-11-28-18-8-6-15-12-17(22)7-5-16(15)13-18/h5-8,12-14H,2-4,9-11H2,1H3. The van der Waals surface area contributed by atoms with Crippen molar-refractivity contribution >= 4 is 26.7 Å². The highest BCUT2D eigenvalue weighted by Crippen LogP contribution is 2.31. The van der Waals surface area contributed by atoms with Crippen LogP contribution in [0.25, 0.3) is 10.8 Å². The van der Waals surface area contributed by atoms with Crippen molar-refractivity contribution in [3.63, 3.8) is 0 Å². The molecule has 0 saturated heterocycles. The molecule has 0 N–H and O–H groups in total. The minimum absolute atomic E-state index is 0.111. The molecule has 1 aromatic heterocycles. The van der Waals surface area contributed by atoms with Crippen LogP contribution >= 0.6 is 15.9 Å². The van der Waals surface area contributed by atoms with Gasteiger partial charge in [-0.3, -0.25) is 0 Å². The summed E-state index contributed by atoms with van der Waals surface area (Å²) in [6.07, 6.45) is -1.76. The van der Waals surface area contributed by atoms with Crippen molar-refractivity contribution in [3.8, 4) is 11.6 Å². The smallest absolute Gasteiger partial charge is 0.435 e. The minimum atomic E-state index is -4.51. The lowest BCUT2D eigenvalue weighted by molar-refractivity contribution is -0.141. The summed E-state index contributed by atoms with van der Waals surface area (Å²) in [7, 11) is 0. The maximum absolute atomic E-state index is 13.0. The molecule has 0 aliphatic carbocycles. The fourth-order valence-electron chi connectivity index (χ4n) is 2.88. The van der Waals surface area contributed by atoms with Crippen LogP contribution < -0.4 is 9.47 Å². The second-order valence-electron chi connectivity index (χ2n) is 6.65. The second kappa shape index (κ2) is 9.52. The minimum Gasteiger partial charge on any atom is -0.492 e. The number of halogens is 4. The molecular formula is C21H22BrF3N2O2. The van der Waals surface area contributed by atoms with Gasteiger partial charge in [0.05, 0.1) is 13.2 Å². The Labute approximate surface area is 175 Å². The summed E-state index contributed by atoms with van der Waals surface area (Å²) in [5, 5.41) is 5.74. The molecule has 1 heterocycles. The maximum Gasteiger partial charge on any atom is 0.435 e. The Balaban J connectivity index is 1.65. The summed E-state index contributed by atoms with van der Waals surface area (Å²) in [5.74, 6) is 0.758.